The van der Waals surface area contributed by atoms with E-state index in [0.717, 1.165) is 43.2 Å². The van der Waals surface area contributed by atoms with Crippen molar-refractivity contribution >= 4 is 21.5 Å². The average Bonchev–Trinajstić information content (AvgIpc) is 3.29. The summed E-state index contributed by atoms with van der Waals surface area (Å²) < 4.78 is 31.0. The SMILES string of the molecule is Cc1nc(S(=O)(=O)NCC2CN(c3ccc4nnc(C5CC5)n4n3)C2)cn1C. The number of sulfonamides is 1. The summed E-state index contributed by atoms with van der Waals surface area (Å²) in [5.41, 5.74) is 0.765. The predicted molar refractivity (Wildman–Crippen MR) is 102 cm³/mol. The molecule has 4 heterocycles. The van der Waals surface area contributed by atoms with Crippen molar-refractivity contribution in [3.05, 3.63) is 30.0 Å². The summed E-state index contributed by atoms with van der Waals surface area (Å²) in [4.78, 5) is 6.23. The smallest absolute Gasteiger partial charge is 0.259 e. The van der Waals surface area contributed by atoms with Crippen LogP contribution in [0.15, 0.2) is 23.4 Å². The van der Waals surface area contributed by atoms with Crippen molar-refractivity contribution in [1.29, 1.82) is 0 Å². The first-order valence-corrected chi connectivity index (χ1v) is 10.9. The number of rotatable bonds is 6. The van der Waals surface area contributed by atoms with Crippen molar-refractivity contribution in [3.63, 3.8) is 0 Å². The van der Waals surface area contributed by atoms with Crippen LogP contribution >= 0.6 is 0 Å². The third kappa shape index (κ3) is 3.04. The van der Waals surface area contributed by atoms with Crippen LogP contribution in [0.5, 0.6) is 0 Å². The van der Waals surface area contributed by atoms with Gasteiger partial charge in [-0.2, -0.15) is 4.52 Å². The Bertz CT molecular complexity index is 1120. The maximum absolute atomic E-state index is 12.4. The highest BCUT2D eigenvalue weighted by Crippen LogP contribution is 2.38. The van der Waals surface area contributed by atoms with Crippen LogP contribution in [-0.2, 0) is 17.1 Å². The lowest BCUT2D eigenvalue weighted by atomic mass is 10.0. The van der Waals surface area contributed by atoms with Gasteiger partial charge >= 0.3 is 0 Å². The minimum Gasteiger partial charge on any atom is -0.354 e. The monoisotopic (exact) mass is 402 g/mol. The average molecular weight is 402 g/mol. The van der Waals surface area contributed by atoms with Crippen LogP contribution in [0.25, 0.3) is 5.65 Å². The largest absolute Gasteiger partial charge is 0.354 e. The molecule has 0 spiro atoms. The standard InChI is InChI=1S/C17H22N8O2S/c1-11-19-16(10-23(11)2)28(26,27)18-7-12-8-24(9-12)15-6-5-14-20-21-17(13-3-4-13)25(14)22-15/h5-6,10,12-13,18H,3-4,7-9H2,1-2H3. The van der Waals surface area contributed by atoms with Crippen LogP contribution in [0.1, 0.15) is 30.4 Å². The Hall–Kier alpha value is -2.53. The molecule has 2 aliphatic rings. The Kier molecular flexibility index (Phi) is 3.91. The molecule has 3 aromatic rings. The highest BCUT2D eigenvalue weighted by molar-refractivity contribution is 7.89. The Morgan fingerprint density at radius 2 is 2.00 bits per heavy atom. The van der Waals surface area contributed by atoms with E-state index in [-0.39, 0.29) is 10.9 Å². The molecular weight excluding hydrogens is 380 g/mol. The lowest BCUT2D eigenvalue weighted by Crippen LogP contribution is -2.52. The highest BCUT2D eigenvalue weighted by atomic mass is 32.2. The molecule has 28 heavy (non-hydrogen) atoms. The molecule has 0 radical (unpaired) electrons. The molecule has 1 aliphatic heterocycles. The van der Waals surface area contributed by atoms with Crippen molar-refractivity contribution in [3.8, 4) is 0 Å². The molecule has 3 aromatic heterocycles. The van der Waals surface area contributed by atoms with E-state index >= 15 is 0 Å². The Morgan fingerprint density at radius 3 is 2.68 bits per heavy atom. The van der Waals surface area contributed by atoms with Gasteiger partial charge in [0.1, 0.15) is 11.6 Å². The maximum atomic E-state index is 12.4. The molecule has 0 amide bonds. The lowest BCUT2D eigenvalue weighted by Gasteiger charge is -2.40. The second-order valence-corrected chi connectivity index (χ2v) is 9.37. The van der Waals surface area contributed by atoms with E-state index in [1.165, 1.54) is 6.20 Å². The van der Waals surface area contributed by atoms with E-state index in [2.05, 4.69) is 29.9 Å². The molecule has 1 saturated heterocycles. The molecule has 0 atom stereocenters. The van der Waals surface area contributed by atoms with E-state index in [4.69, 9.17) is 0 Å². The first-order chi connectivity index (χ1) is 13.4. The third-order valence-electron chi connectivity index (χ3n) is 5.42. The van der Waals surface area contributed by atoms with E-state index in [1.807, 2.05) is 16.6 Å². The van der Waals surface area contributed by atoms with Crippen molar-refractivity contribution in [2.75, 3.05) is 24.5 Å². The number of aryl methyl sites for hydroxylation is 2. The fourth-order valence-corrected chi connectivity index (χ4v) is 4.56. The van der Waals surface area contributed by atoms with Gasteiger partial charge in [-0.25, -0.2) is 18.1 Å². The molecule has 2 fully saturated rings. The first kappa shape index (κ1) is 17.6. The van der Waals surface area contributed by atoms with Crippen LogP contribution in [0.4, 0.5) is 5.82 Å². The number of imidazole rings is 1. The zero-order valence-electron chi connectivity index (χ0n) is 15.8. The van der Waals surface area contributed by atoms with Crippen LogP contribution < -0.4 is 9.62 Å². The molecular formula is C17H22N8O2S. The Labute approximate surface area is 162 Å². The quantitative estimate of drug-likeness (QED) is 0.638. The Balaban J connectivity index is 1.22. The summed E-state index contributed by atoms with van der Waals surface area (Å²) in [6.45, 7) is 3.67. The number of anilines is 1. The van der Waals surface area contributed by atoms with Gasteiger partial charge in [-0.05, 0) is 31.9 Å². The fraction of sp³-hybridized carbons (Fsp3) is 0.529. The van der Waals surface area contributed by atoms with Crippen molar-refractivity contribution in [1.82, 2.24) is 34.1 Å². The minimum absolute atomic E-state index is 0.0658. The number of aromatic nitrogens is 6. The predicted octanol–water partition coefficient (Wildman–Crippen LogP) is 0.458. The van der Waals surface area contributed by atoms with Gasteiger partial charge in [0.05, 0.1) is 0 Å². The number of hydrogen-bond acceptors (Lipinski definition) is 7. The molecule has 1 saturated carbocycles. The van der Waals surface area contributed by atoms with Gasteiger partial charge in [0.25, 0.3) is 10.0 Å². The van der Waals surface area contributed by atoms with Crippen LogP contribution in [0.3, 0.4) is 0 Å². The van der Waals surface area contributed by atoms with Crippen LogP contribution in [0, 0.1) is 12.8 Å². The van der Waals surface area contributed by atoms with Crippen molar-refractivity contribution in [2.24, 2.45) is 13.0 Å². The zero-order valence-corrected chi connectivity index (χ0v) is 16.6. The number of hydrogen-bond donors (Lipinski definition) is 1. The van der Waals surface area contributed by atoms with Gasteiger partial charge in [-0.15, -0.1) is 15.3 Å². The lowest BCUT2D eigenvalue weighted by molar-refractivity contribution is 0.401. The molecule has 11 heteroatoms. The topological polar surface area (TPSA) is 110 Å². The first-order valence-electron chi connectivity index (χ1n) is 9.37. The van der Waals surface area contributed by atoms with Crippen LogP contribution in [0.2, 0.25) is 0 Å². The number of nitrogens with zero attached hydrogens (tertiary/aromatic N) is 7. The van der Waals surface area contributed by atoms with E-state index in [1.54, 1.807) is 18.5 Å². The molecule has 0 aromatic carbocycles. The zero-order chi connectivity index (χ0) is 19.5. The molecule has 10 nitrogen and oxygen atoms in total. The molecule has 148 valence electrons. The molecule has 0 bridgehead atoms. The van der Waals surface area contributed by atoms with Gasteiger partial charge in [0.2, 0.25) is 0 Å². The summed E-state index contributed by atoms with van der Waals surface area (Å²) in [6.07, 6.45) is 3.82. The minimum atomic E-state index is -3.58. The summed E-state index contributed by atoms with van der Waals surface area (Å²) >= 11 is 0. The summed E-state index contributed by atoms with van der Waals surface area (Å²) in [7, 11) is -1.80. The summed E-state index contributed by atoms with van der Waals surface area (Å²) in [6, 6.07) is 3.87. The van der Waals surface area contributed by atoms with Crippen LogP contribution in [-0.4, -0.2) is 57.4 Å². The van der Waals surface area contributed by atoms with E-state index in [9.17, 15) is 8.42 Å². The molecule has 1 N–H and O–H groups in total. The number of fused-ring (bicyclic) bond motifs is 1. The fourth-order valence-electron chi connectivity index (χ4n) is 3.40. The van der Waals surface area contributed by atoms with Gasteiger partial charge in [-0.3, -0.25) is 0 Å². The van der Waals surface area contributed by atoms with Gasteiger partial charge < -0.3 is 9.47 Å². The maximum Gasteiger partial charge on any atom is 0.259 e. The van der Waals surface area contributed by atoms with Crippen molar-refractivity contribution < 1.29 is 8.42 Å². The second-order valence-electron chi connectivity index (χ2n) is 7.65. The second kappa shape index (κ2) is 6.24. The van der Waals surface area contributed by atoms with Gasteiger partial charge in [-0.1, -0.05) is 0 Å². The van der Waals surface area contributed by atoms with E-state index < -0.39 is 10.0 Å². The van der Waals surface area contributed by atoms with E-state index in [0.29, 0.717) is 18.3 Å². The molecule has 0 unspecified atom stereocenters. The van der Waals surface area contributed by atoms with Crippen molar-refractivity contribution in [2.45, 2.75) is 30.7 Å². The summed E-state index contributed by atoms with van der Waals surface area (Å²) in [5, 5.41) is 13.2. The third-order valence-corrected chi connectivity index (χ3v) is 6.71. The summed E-state index contributed by atoms with van der Waals surface area (Å²) in [5.74, 6) is 3.18. The van der Waals surface area contributed by atoms with Gasteiger partial charge in [0, 0.05) is 44.7 Å². The normalized spacial score (nSPS) is 18.0. The Morgan fingerprint density at radius 1 is 1.21 bits per heavy atom. The number of nitrogens with one attached hydrogen (secondary N) is 1. The molecule has 1 aliphatic carbocycles. The molecule has 5 rings (SSSR count). The highest BCUT2D eigenvalue weighted by Gasteiger charge is 2.32. The van der Waals surface area contributed by atoms with Gasteiger partial charge in [0.15, 0.2) is 16.5 Å².